The van der Waals surface area contributed by atoms with Crippen molar-refractivity contribution in [1.82, 2.24) is 14.9 Å². The van der Waals surface area contributed by atoms with E-state index in [1.807, 2.05) is 26.8 Å². The van der Waals surface area contributed by atoms with Gasteiger partial charge < -0.3 is 14.6 Å². The number of nitrogens with one attached hydrogen (secondary N) is 1. The minimum absolute atomic E-state index is 0.280. The predicted molar refractivity (Wildman–Crippen MR) is 81.5 cm³/mol. The van der Waals surface area contributed by atoms with Gasteiger partial charge in [0.25, 0.3) is 0 Å². The Balaban J connectivity index is 1.89. The lowest BCUT2D eigenvalue weighted by Gasteiger charge is -2.30. The number of aromatic nitrogens is 2. The van der Waals surface area contributed by atoms with Crippen molar-refractivity contribution in [2.45, 2.75) is 39.3 Å². The Morgan fingerprint density at radius 3 is 2.95 bits per heavy atom. The lowest BCUT2D eigenvalue weighted by Crippen LogP contribution is -2.39. The van der Waals surface area contributed by atoms with Crippen LogP contribution in [0.3, 0.4) is 0 Å². The van der Waals surface area contributed by atoms with E-state index in [-0.39, 0.29) is 6.09 Å². The zero-order valence-electron chi connectivity index (χ0n) is 12.4. The molecule has 1 N–H and O–H groups in total. The average molecular weight is 308 g/mol. The first-order valence-electron chi connectivity index (χ1n) is 6.96. The van der Waals surface area contributed by atoms with Crippen molar-refractivity contribution in [2.75, 3.05) is 6.54 Å². The number of amides is 1. The van der Waals surface area contributed by atoms with Gasteiger partial charge in [-0.1, -0.05) is 11.6 Å². The van der Waals surface area contributed by atoms with Crippen molar-refractivity contribution in [1.29, 1.82) is 0 Å². The number of rotatable bonds is 0. The third-order valence-corrected chi connectivity index (χ3v) is 3.65. The Hall–Kier alpha value is -1.75. The highest BCUT2D eigenvalue weighted by molar-refractivity contribution is 6.31. The fourth-order valence-electron chi connectivity index (χ4n) is 2.54. The number of H-pyrrole nitrogens is 1. The molecule has 5 nitrogen and oxygen atoms in total. The van der Waals surface area contributed by atoms with Crippen LogP contribution in [0.2, 0.25) is 5.02 Å². The summed E-state index contributed by atoms with van der Waals surface area (Å²) in [4.78, 5) is 21.5. The molecule has 3 rings (SSSR count). The lowest BCUT2D eigenvalue weighted by atomic mass is 10.1. The third kappa shape index (κ3) is 2.83. The highest BCUT2D eigenvalue weighted by Gasteiger charge is 2.27. The number of hydrogen-bond donors (Lipinski definition) is 1. The summed E-state index contributed by atoms with van der Waals surface area (Å²) in [6, 6.07) is 1.89. The Morgan fingerprint density at radius 1 is 1.48 bits per heavy atom. The number of hydrogen-bond acceptors (Lipinski definition) is 3. The van der Waals surface area contributed by atoms with E-state index in [4.69, 9.17) is 16.3 Å². The van der Waals surface area contributed by atoms with Gasteiger partial charge in [0, 0.05) is 35.8 Å². The topological polar surface area (TPSA) is 58.2 Å². The average Bonchev–Trinajstić information content (AvgIpc) is 2.74. The number of ether oxygens (including phenoxy) is 1. The maximum atomic E-state index is 12.2. The predicted octanol–water partition coefficient (Wildman–Crippen LogP) is 3.51. The molecule has 21 heavy (non-hydrogen) atoms. The maximum absolute atomic E-state index is 12.2. The molecule has 2 aromatic rings. The quantitative estimate of drug-likeness (QED) is 0.810. The number of carbonyl (C=O) groups excluding carboxylic acids is 1. The van der Waals surface area contributed by atoms with E-state index in [1.165, 1.54) is 0 Å². The van der Waals surface area contributed by atoms with E-state index in [2.05, 4.69) is 9.97 Å². The first kappa shape index (κ1) is 14.2. The summed E-state index contributed by atoms with van der Waals surface area (Å²) in [7, 11) is 0. The molecule has 1 aliphatic heterocycles. The molecular formula is C15H18ClN3O2. The van der Waals surface area contributed by atoms with Gasteiger partial charge >= 0.3 is 6.09 Å². The van der Waals surface area contributed by atoms with Crippen LogP contribution >= 0.6 is 11.6 Å². The van der Waals surface area contributed by atoms with Crippen LogP contribution < -0.4 is 0 Å². The molecule has 3 heterocycles. The van der Waals surface area contributed by atoms with Crippen LogP contribution in [0.15, 0.2) is 12.3 Å². The van der Waals surface area contributed by atoms with Crippen molar-refractivity contribution in [3.05, 3.63) is 28.5 Å². The molecule has 0 fully saturated rings. The normalized spacial score (nSPS) is 15.1. The van der Waals surface area contributed by atoms with Crippen molar-refractivity contribution in [3.63, 3.8) is 0 Å². The molecule has 1 aliphatic rings. The summed E-state index contributed by atoms with van der Waals surface area (Å²) < 4.78 is 5.44. The van der Waals surface area contributed by atoms with Gasteiger partial charge in [-0.3, -0.25) is 0 Å². The molecule has 0 spiro atoms. The minimum atomic E-state index is -0.484. The van der Waals surface area contributed by atoms with E-state index in [0.29, 0.717) is 18.1 Å². The van der Waals surface area contributed by atoms with Gasteiger partial charge in [0.2, 0.25) is 0 Å². The monoisotopic (exact) mass is 307 g/mol. The molecule has 6 heteroatoms. The minimum Gasteiger partial charge on any atom is -0.444 e. The van der Waals surface area contributed by atoms with Gasteiger partial charge in [0.1, 0.15) is 11.2 Å². The van der Waals surface area contributed by atoms with Crippen molar-refractivity contribution in [2.24, 2.45) is 0 Å². The van der Waals surface area contributed by atoms with Crippen molar-refractivity contribution >= 4 is 28.7 Å². The van der Waals surface area contributed by atoms with Gasteiger partial charge in [-0.05, 0) is 26.8 Å². The van der Waals surface area contributed by atoms with Crippen LogP contribution in [0.4, 0.5) is 4.79 Å². The number of aromatic amines is 1. The van der Waals surface area contributed by atoms with Crippen molar-refractivity contribution in [3.8, 4) is 0 Å². The summed E-state index contributed by atoms with van der Waals surface area (Å²) >= 11 is 6.02. The summed E-state index contributed by atoms with van der Waals surface area (Å²) in [5, 5.41) is 1.57. The zero-order chi connectivity index (χ0) is 15.2. The molecule has 0 aliphatic carbocycles. The standard InChI is InChI=1S/C15H18ClN3O2/c1-15(2,3)21-14(20)19-5-4-12-11(8-19)10-6-9(16)7-17-13(10)18-12/h6-7H,4-5,8H2,1-3H3,(H,17,18). The third-order valence-electron chi connectivity index (χ3n) is 3.45. The summed E-state index contributed by atoms with van der Waals surface area (Å²) in [5.74, 6) is 0. The molecular weight excluding hydrogens is 290 g/mol. The first-order chi connectivity index (χ1) is 9.83. The number of halogens is 1. The van der Waals surface area contributed by atoms with Gasteiger partial charge in [0.15, 0.2) is 0 Å². The molecule has 0 aromatic carbocycles. The molecule has 0 bridgehead atoms. The highest BCUT2D eigenvalue weighted by atomic mass is 35.5. The molecule has 0 saturated heterocycles. The van der Waals surface area contributed by atoms with Crippen LogP contribution in [0.1, 0.15) is 32.0 Å². The second kappa shape index (κ2) is 4.91. The highest BCUT2D eigenvalue weighted by Crippen LogP contribution is 2.29. The van der Waals surface area contributed by atoms with E-state index in [1.54, 1.807) is 11.1 Å². The Labute approximate surface area is 128 Å². The molecule has 0 radical (unpaired) electrons. The fourth-order valence-corrected chi connectivity index (χ4v) is 2.70. The largest absolute Gasteiger partial charge is 0.444 e. The van der Waals surface area contributed by atoms with Gasteiger partial charge in [0.05, 0.1) is 11.6 Å². The second-order valence-electron chi connectivity index (χ2n) is 6.28. The van der Waals surface area contributed by atoms with Gasteiger partial charge in [-0.15, -0.1) is 0 Å². The SMILES string of the molecule is CC(C)(C)OC(=O)N1CCc2[nH]c3ncc(Cl)cc3c2C1. The van der Waals surface area contributed by atoms with Crippen LogP contribution in [0.5, 0.6) is 0 Å². The second-order valence-corrected chi connectivity index (χ2v) is 6.72. The summed E-state index contributed by atoms with van der Waals surface area (Å²) in [5.41, 5.74) is 2.54. The number of fused-ring (bicyclic) bond motifs is 3. The van der Waals surface area contributed by atoms with E-state index >= 15 is 0 Å². The number of nitrogens with zero attached hydrogens (tertiary/aromatic N) is 2. The Bertz CT molecular complexity index is 703. The van der Waals surface area contributed by atoms with Gasteiger partial charge in [-0.25, -0.2) is 9.78 Å². The molecule has 0 saturated carbocycles. The smallest absolute Gasteiger partial charge is 0.410 e. The van der Waals surface area contributed by atoms with Crippen molar-refractivity contribution < 1.29 is 9.53 Å². The molecule has 0 unspecified atom stereocenters. The van der Waals surface area contributed by atoms with E-state index in [0.717, 1.165) is 28.7 Å². The Kier molecular flexibility index (Phi) is 3.32. The van der Waals surface area contributed by atoms with Crippen LogP contribution in [0, 0.1) is 0 Å². The molecule has 0 atom stereocenters. The molecule has 2 aromatic heterocycles. The summed E-state index contributed by atoms with van der Waals surface area (Å²) in [6.45, 7) is 6.77. The van der Waals surface area contributed by atoms with Crippen LogP contribution in [-0.2, 0) is 17.7 Å². The molecule has 112 valence electrons. The number of pyridine rings is 1. The number of carbonyl (C=O) groups is 1. The summed E-state index contributed by atoms with van der Waals surface area (Å²) in [6.07, 6.45) is 2.11. The maximum Gasteiger partial charge on any atom is 0.410 e. The van der Waals surface area contributed by atoms with Crippen LogP contribution in [-0.4, -0.2) is 33.1 Å². The fraction of sp³-hybridized carbons (Fsp3) is 0.467. The zero-order valence-corrected chi connectivity index (χ0v) is 13.1. The van der Waals surface area contributed by atoms with E-state index < -0.39 is 5.60 Å². The molecule has 1 amide bonds. The van der Waals surface area contributed by atoms with E-state index in [9.17, 15) is 4.79 Å². The van der Waals surface area contributed by atoms with Crippen LogP contribution in [0.25, 0.3) is 11.0 Å². The first-order valence-corrected chi connectivity index (χ1v) is 7.34. The van der Waals surface area contributed by atoms with Gasteiger partial charge in [-0.2, -0.15) is 0 Å². The lowest BCUT2D eigenvalue weighted by molar-refractivity contribution is 0.0224. The Morgan fingerprint density at radius 2 is 2.24 bits per heavy atom.